The summed E-state index contributed by atoms with van der Waals surface area (Å²) in [5.41, 5.74) is 2.51. The van der Waals surface area contributed by atoms with Crippen molar-refractivity contribution in [3.63, 3.8) is 0 Å². The van der Waals surface area contributed by atoms with E-state index >= 15 is 0 Å². The number of Topliss-reactive ketones (excluding diaryl/α,β-unsaturated/α-hetero) is 1. The summed E-state index contributed by atoms with van der Waals surface area (Å²) in [4.78, 5) is 12.6. The minimum absolute atomic E-state index is 0.257. The van der Waals surface area contributed by atoms with E-state index in [4.69, 9.17) is 0 Å². The number of ketones is 1. The molecule has 0 radical (unpaired) electrons. The molecule has 4 heteroatoms. The lowest BCUT2D eigenvalue weighted by molar-refractivity contribution is -0.123. The van der Waals surface area contributed by atoms with Crippen LogP contribution < -0.4 is 0 Å². The Labute approximate surface area is 184 Å². The van der Waals surface area contributed by atoms with E-state index in [9.17, 15) is 13.2 Å². The predicted molar refractivity (Wildman–Crippen MR) is 124 cm³/mol. The molecule has 0 aromatic heterocycles. The molecule has 3 rings (SSSR count). The van der Waals surface area contributed by atoms with Crippen molar-refractivity contribution in [3.8, 4) is 0 Å². The molecule has 0 saturated heterocycles. The Bertz CT molecular complexity index is 782. The first-order valence-electron chi connectivity index (χ1n) is 12.2. The topological polar surface area (TPSA) is 51.2 Å². The van der Waals surface area contributed by atoms with Gasteiger partial charge in [-0.15, -0.1) is 0 Å². The Morgan fingerprint density at radius 2 is 1.57 bits per heavy atom. The maximum Gasteiger partial charge on any atom is 0.152 e. The summed E-state index contributed by atoms with van der Waals surface area (Å²) < 4.78 is 24.4. The zero-order chi connectivity index (χ0) is 21.6. The van der Waals surface area contributed by atoms with Crippen molar-refractivity contribution < 1.29 is 13.2 Å². The molecule has 0 spiro atoms. The first-order chi connectivity index (χ1) is 14.3. The summed E-state index contributed by atoms with van der Waals surface area (Å²) in [6, 6.07) is 8.63. The number of aryl methyl sites for hydroxylation is 1. The molecule has 2 fully saturated rings. The molecule has 30 heavy (non-hydrogen) atoms. The molecule has 0 unspecified atom stereocenters. The predicted octanol–water partition coefficient (Wildman–Crippen LogP) is 5.94. The first-order valence-corrected chi connectivity index (χ1v) is 13.9. The highest BCUT2D eigenvalue weighted by Crippen LogP contribution is 2.33. The van der Waals surface area contributed by atoms with Crippen LogP contribution >= 0.6 is 0 Å². The summed E-state index contributed by atoms with van der Waals surface area (Å²) in [5.74, 6) is 2.14. The fraction of sp³-hybridized carbons (Fsp3) is 0.731. The van der Waals surface area contributed by atoms with E-state index in [1.165, 1.54) is 36.8 Å². The van der Waals surface area contributed by atoms with Crippen molar-refractivity contribution in [1.29, 1.82) is 0 Å². The number of benzene rings is 1. The molecule has 2 saturated carbocycles. The zero-order valence-corrected chi connectivity index (χ0v) is 19.8. The Hall–Kier alpha value is -1.16. The number of carbonyl (C=O) groups excluding carboxylic acids is 1. The highest BCUT2D eigenvalue weighted by molar-refractivity contribution is 7.91. The Morgan fingerprint density at radius 1 is 0.933 bits per heavy atom. The molecular formula is C26H40O3S. The molecule has 168 valence electrons. The van der Waals surface area contributed by atoms with Gasteiger partial charge in [-0.2, -0.15) is 0 Å². The minimum atomic E-state index is -2.92. The van der Waals surface area contributed by atoms with Crippen LogP contribution in [0.4, 0.5) is 0 Å². The van der Waals surface area contributed by atoms with Gasteiger partial charge in [0.25, 0.3) is 0 Å². The fourth-order valence-electron chi connectivity index (χ4n) is 5.24. The van der Waals surface area contributed by atoms with Crippen LogP contribution in [-0.4, -0.2) is 25.2 Å². The van der Waals surface area contributed by atoms with E-state index in [0.29, 0.717) is 29.8 Å². The standard InChI is InChI=1S/C26H40O3S/c1-20(2)30(28,29)19-23-15-12-21(13-16-23)11-14-22-7-6-8-24(17-22)18-26(27)25-9-4-3-5-10-25/h6-8,17,20-21,23,25H,3-5,9-16,18-19H2,1-2H3. The highest BCUT2D eigenvalue weighted by Gasteiger charge is 2.27. The maximum atomic E-state index is 12.6. The Balaban J connectivity index is 1.43. The molecule has 0 amide bonds. The number of hydrogen-bond donors (Lipinski definition) is 0. The van der Waals surface area contributed by atoms with E-state index in [1.807, 2.05) is 0 Å². The lowest BCUT2D eigenvalue weighted by Gasteiger charge is -2.29. The molecule has 0 heterocycles. The molecule has 2 aliphatic rings. The zero-order valence-electron chi connectivity index (χ0n) is 18.9. The van der Waals surface area contributed by atoms with Crippen molar-refractivity contribution in [3.05, 3.63) is 35.4 Å². The monoisotopic (exact) mass is 432 g/mol. The van der Waals surface area contributed by atoms with Crippen LogP contribution in [0, 0.1) is 17.8 Å². The van der Waals surface area contributed by atoms with Crippen LogP contribution in [0.2, 0.25) is 0 Å². The molecule has 0 N–H and O–H groups in total. The molecule has 1 aromatic carbocycles. The van der Waals surface area contributed by atoms with Gasteiger partial charge in [0.05, 0.1) is 11.0 Å². The second-order valence-corrected chi connectivity index (χ2v) is 12.7. The summed E-state index contributed by atoms with van der Waals surface area (Å²) in [6.45, 7) is 3.58. The van der Waals surface area contributed by atoms with Crippen LogP contribution in [0.5, 0.6) is 0 Å². The van der Waals surface area contributed by atoms with E-state index in [2.05, 4.69) is 24.3 Å². The average Bonchev–Trinajstić information content (AvgIpc) is 2.74. The number of carbonyl (C=O) groups is 1. The highest BCUT2D eigenvalue weighted by atomic mass is 32.2. The van der Waals surface area contributed by atoms with E-state index in [1.54, 1.807) is 13.8 Å². The Kier molecular flexibility index (Phi) is 8.56. The van der Waals surface area contributed by atoms with Gasteiger partial charge in [0.2, 0.25) is 0 Å². The third-order valence-electron chi connectivity index (χ3n) is 7.42. The normalized spacial score (nSPS) is 23.6. The third-order valence-corrected chi connectivity index (χ3v) is 9.80. The van der Waals surface area contributed by atoms with Crippen molar-refractivity contribution in [2.75, 3.05) is 5.75 Å². The van der Waals surface area contributed by atoms with E-state index in [-0.39, 0.29) is 11.2 Å². The van der Waals surface area contributed by atoms with Crippen molar-refractivity contribution in [2.45, 2.75) is 96.1 Å². The van der Waals surface area contributed by atoms with Crippen LogP contribution in [0.25, 0.3) is 0 Å². The molecule has 2 aliphatic carbocycles. The van der Waals surface area contributed by atoms with E-state index < -0.39 is 9.84 Å². The van der Waals surface area contributed by atoms with Gasteiger partial charge in [-0.1, -0.05) is 56.4 Å². The van der Waals surface area contributed by atoms with Gasteiger partial charge < -0.3 is 0 Å². The summed E-state index contributed by atoms with van der Waals surface area (Å²) >= 11 is 0. The number of hydrogen-bond acceptors (Lipinski definition) is 3. The largest absolute Gasteiger partial charge is 0.299 e. The third kappa shape index (κ3) is 6.93. The van der Waals surface area contributed by atoms with Crippen molar-refractivity contribution >= 4 is 15.6 Å². The molecule has 0 atom stereocenters. The van der Waals surface area contributed by atoms with Gasteiger partial charge in [-0.25, -0.2) is 8.42 Å². The minimum Gasteiger partial charge on any atom is -0.299 e. The van der Waals surface area contributed by atoms with Crippen LogP contribution in [-0.2, 0) is 27.5 Å². The van der Waals surface area contributed by atoms with Gasteiger partial charge >= 0.3 is 0 Å². The summed E-state index contributed by atoms with van der Waals surface area (Å²) in [5, 5.41) is -0.257. The van der Waals surface area contributed by atoms with Crippen molar-refractivity contribution in [1.82, 2.24) is 0 Å². The molecule has 1 aromatic rings. The lowest BCUT2D eigenvalue weighted by atomic mass is 9.80. The van der Waals surface area contributed by atoms with E-state index in [0.717, 1.165) is 44.9 Å². The maximum absolute atomic E-state index is 12.6. The molecule has 0 bridgehead atoms. The molecular weight excluding hydrogens is 392 g/mol. The van der Waals surface area contributed by atoms with Gasteiger partial charge in [-0.05, 0) is 75.3 Å². The second kappa shape index (κ2) is 10.9. The van der Waals surface area contributed by atoms with Crippen LogP contribution in [0.15, 0.2) is 24.3 Å². The quantitative estimate of drug-likeness (QED) is 0.485. The molecule has 0 aliphatic heterocycles. The second-order valence-electron chi connectivity index (χ2n) is 10.1. The van der Waals surface area contributed by atoms with Crippen LogP contribution in [0.3, 0.4) is 0 Å². The molecule has 3 nitrogen and oxygen atoms in total. The van der Waals surface area contributed by atoms with Crippen molar-refractivity contribution in [2.24, 2.45) is 17.8 Å². The Morgan fingerprint density at radius 3 is 2.23 bits per heavy atom. The fourth-order valence-corrected chi connectivity index (χ4v) is 6.62. The van der Waals surface area contributed by atoms with Gasteiger partial charge in [-0.3, -0.25) is 4.79 Å². The SMILES string of the molecule is CC(C)S(=O)(=O)CC1CCC(CCc2cccc(CC(=O)C3CCCCC3)c2)CC1. The average molecular weight is 433 g/mol. The van der Waals surface area contributed by atoms with Gasteiger partial charge in [0.1, 0.15) is 5.78 Å². The lowest BCUT2D eigenvalue weighted by Crippen LogP contribution is -2.26. The van der Waals surface area contributed by atoms with Crippen LogP contribution in [0.1, 0.15) is 89.2 Å². The number of rotatable bonds is 9. The van der Waals surface area contributed by atoms with Gasteiger partial charge in [0.15, 0.2) is 9.84 Å². The summed E-state index contributed by atoms with van der Waals surface area (Å²) in [7, 11) is -2.92. The first kappa shape index (κ1) is 23.5. The smallest absolute Gasteiger partial charge is 0.152 e. The summed E-state index contributed by atoms with van der Waals surface area (Å²) in [6.07, 6.45) is 13.1. The number of sulfone groups is 1. The van der Waals surface area contributed by atoms with Gasteiger partial charge in [0, 0.05) is 12.3 Å².